The molecule has 7 heteroatoms. The zero-order chi connectivity index (χ0) is 12.4. The van der Waals surface area contributed by atoms with Gasteiger partial charge in [-0.25, -0.2) is 0 Å². The van der Waals surface area contributed by atoms with Gasteiger partial charge in [0.2, 0.25) is 11.9 Å². The number of hydrogen-bond donors (Lipinski definition) is 3. The molecule has 7 nitrogen and oxygen atoms in total. The van der Waals surface area contributed by atoms with Crippen molar-refractivity contribution in [2.24, 2.45) is 11.8 Å². The summed E-state index contributed by atoms with van der Waals surface area (Å²) in [6, 6.07) is 0. The molecule has 0 aromatic carbocycles. The van der Waals surface area contributed by atoms with Crippen LogP contribution in [-0.4, -0.2) is 32.2 Å². The average Bonchev–Trinajstić information content (AvgIpc) is 2.86. The lowest BCUT2D eigenvalue weighted by Crippen LogP contribution is -2.30. The molecule has 0 spiro atoms. The van der Waals surface area contributed by atoms with Crippen LogP contribution in [0.15, 0.2) is 0 Å². The van der Waals surface area contributed by atoms with Gasteiger partial charge in [0, 0.05) is 0 Å². The molecule has 0 saturated heterocycles. The smallest absolute Gasteiger partial charge is 0.307 e. The summed E-state index contributed by atoms with van der Waals surface area (Å²) < 4.78 is 0. The van der Waals surface area contributed by atoms with E-state index in [0.717, 1.165) is 6.42 Å². The predicted octanol–water partition coefficient (Wildman–Crippen LogP) is 0.553. The van der Waals surface area contributed by atoms with Crippen LogP contribution in [0.25, 0.3) is 0 Å². The van der Waals surface area contributed by atoms with Crippen LogP contribution in [0.4, 0.5) is 5.95 Å². The number of carbonyl (C=O) groups is 2. The Bertz CT molecular complexity index is 443. The lowest BCUT2D eigenvalue weighted by Gasteiger charge is -2.13. The second-order valence-corrected chi connectivity index (χ2v) is 4.22. The van der Waals surface area contributed by atoms with Gasteiger partial charge >= 0.3 is 5.97 Å². The van der Waals surface area contributed by atoms with Crippen molar-refractivity contribution in [3.05, 3.63) is 5.82 Å². The van der Waals surface area contributed by atoms with Crippen LogP contribution in [-0.2, 0) is 9.59 Å². The van der Waals surface area contributed by atoms with Gasteiger partial charge in [-0.2, -0.15) is 4.98 Å². The molecule has 92 valence electrons. The molecule has 2 rings (SSSR count). The van der Waals surface area contributed by atoms with Gasteiger partial charge in [-0.15, -0.1) is 5.10 Å². The molecule has 1 heterocycles. The molecule has 3 N–H and O–H groups in total. The number of aromatic amines is 1. The molecule has 17 heavy (non-hydrogen) atoms. The minimum absolute atomic E-state index is 0.198. The monoisotopic (exact) mass is 238 g/mol. The fourth-order valence-corrected chi connectivity index (χ4v) is 2.17. The highest BCUT2D eigenvalue weighted by atomic mass is 16.4. The fraction of sp³-hybridized carbons (Fsp3) is 0.600. The number of carboxylic acid groups (broad SMARTS) is 1. The Morgan fingerprint density at radius 2 is 2.12 bits per heavy atom. The van der Waals surface area contributed by atoms with E-state index < -0.39 is 17.8 Å². The molecule has 1 amide bonds. The van der Waals surface area contributed by atoms with Crippen LogP contribution in [0, 0.1) is 18.8 Å². The maximum Gasteiger partial charge on any atom is 0.307 e. The van der Waals surface area contributed by atoms with Crippen LogP contribution in [0.3, 0.4) is 0 Å². The molecular formula is C10H14N4O3. The van der Waals surface area contributed by atoms with E-state index in [4.69, 9.17) is 5.11 Å². The molecule has 1 aliphatic rings. The number of nitrogens with one attached hydrogen (secondary N) is 2. The van der Waals surface area contributed by atoms with Gasteiger partial charge < -0.3 is 5.11 Å². The Morgan fingerprint density at radius 3 is 2.71 bits per heavy atom. The molecule has 1 aliphatic carbocycles. The first-order valence-corrected chi connectivity index (χ1v) is 5.50. The maximum absolute atomic E-state index is 11.9. The average molecular weight is 238 g/mol. The fourth-order valence-electron chi connectivity index (χ4n) is 2.17. The summed E-state index contributed by atoms with van der Waals surface area (Å²) in [5.41, 5.74) is 0. The molecule has 0 unspecified atom stereocenters. The summed E-state index contributed by atoms with van der Waals surface area (Å²) >= 11 is 0. The summed E-state index contributed by atoms with van der Waals surface area (Å²) in [4.78, 5) is 26.8. The number of anilines is 1. The summed E-state index contributed by atoms with van der Waals surface area (Å²) in [5, 5.41) is 17.9. The summed E-state index contributed by atoms with van der Waals surface area (Å²) in [5.74, 6) is -1.49. The van der Waals surface area contributed by atoms with Crippen LogP contribution in [0.1, 0.15) is 25.1 Å². The van der Waals surface area contributed by atoms with Crippen molar-refractivity contribution in [2.75, 3.05) is 5.32 Å². The van der Waals surface area contributed by atoms with Crippen molar-refractivity contribution < 1.29 is 14.7 Å². The minimum atomic E-state index is -0.909. The number of aliphatic carboxylic acids is 1. The molecule has 0 aliphatic heterocycles. The topological polar surface area (TPSA) is 108 Å². The number of H-pyrrole nitrogens is 1. The van der Waals surface area contributed by atoms with Crippen LogP contribution in [0.5, 0.6) is 0 Å². The Balaban J connectivity index is 2.02. The largest absolute Gasteiger partial charge is 0.481 e. The highest BCUT2D eigenvalue weighted by Gasteiger charge is 2.37. The lowest BCUT2D eigenvalue weighted by molar-refractivity contribution is -0.145. The highest BCUT2D eigenvalue weighted by molar-refractivity contribution is 5.94. The van der Waals surface area contributed by atoms with Crippen molar-refractivity contribution in [3.8, 4) is 0 Å². The second-order valence-electron chi connectivity index (χ2n) is 4.22. The van der Waals surface area contributed by atoms with Gasteiger partial charge in [0.05, 0.1) is 11.8 Å². The Labute approximate surface area is 97.6 Å². The van der Waals surface area contributed by atoms with Crippen LogP contribution < -0.4 is 5.32 Å². The Hall–Kier alpha value is -1.92. The van der Waals surface area contributed by atoms with Gasteiger partial charge in [-0.1, -0.05) is 6.42 Å². The normalized spacial score (nSPS) is 23.6. The van der Waals surface area contributed by atoms with Crippen LogP contribution in [0.2, 0.25) is 0 Å². The minimum Gasteiger partial charge on any atom is -0.481 e. The quantitative estimate of drug-likeness (QED) is 0.712. The first-order chi connectivity index (χ1) is 8.08. The first kappa shape index (κ1) is 11.6. The van der Waals surface area contributed by atoms with E-state index in [1.165, 1.54) is 0 Å². The molecule has 0 bridgehead atoms. The first-order valence-electron chi connectivity index (χ1n) is 5.50. The molecule has 1 aromatic heterocycles. The van der Waals surface area contributed by atoms with E-state index in [9.17, 15) is 9.59 Å². The maximum atomic E-state index is 11.9. The van der Waals surface area contributed by atoms with Gasteiger partial charge in [0.25, 0.3) is 0 Å². The Morgan fingerprint density at radius 1 is 1.41 bits per heavy atom. The van der Waals surface area contributed by atoms with Crippen molar-refractivity contribution >= 4 is 17.8 Å². The van der Waals surface area contributed by atoms with Crippen molar-refractivity contribution in [2.45, 2.75) is 26.2 Å². The van der Waals surface area contributed by atoms with E-state index >= 15 is 0 Å². The summed E-state index contributed by atoms with van der Waals surface area (Å²) in [6.45, 7) is 1.72. The van der Waals surface area contributed by atoms with Crippen molar-refractivity contribution in [1.29, 1.82) is 0 Å². The number of carboxylic acids is 1. The number of aromatic nitrogens is 3. The third kappa shape index (κ3) is 2.43. The Kier molecular flexibility index (Phi) is 3.08. The van der Waals surface area contributed by atoms with Gasteiger partial charge in [-0.05, 0) is 19.8 Å². The molecule has 0 radical (unpaired) electrons. The zero-order valence-corrected chi connectivity index (χ0v) is 9.43. The standard InChI is InChI=1S/C10H14N4O3/c1-5-11-10(14-13-5)12-8(15)6-3-2-4-7(6)9(16)17/h6-7H,2-4H2,1H3,(H,16,17)(H2,11,12,13,14,15)/t6-,7+/m1/s1. The van der Waals surface area contributed by atoms with E-state index in [-0.39, 0.29) is 11.9 Å². The summed E-state index contributed by atoms with van der Waals surface area (Å²) in [6.07, 6.45) is 1.93. The number of nitrogens with zero attached hydrogens (tertiary/aromatic N) is 2. The van der Waals surface area contributed by atoms with Crippen LogP contribution >= 0.6 is 0 Å². The van der Waals surface area contributed by atoms with E-state index in [1.54, 1.807) is 6.92 Å². The van der Waals surface area contributed by atoms with E-state index in [2.05, 4.69) is 20.5 Å². The number of carbonyl (C=O) groups excluding carboxylic acids is 1. The second kappa shape index (κ2) is 4.52. The van der Waals surface area contributed by atoms with E-state index in [0.29, 0.717) is 18.7 Å². The molecule has 1 saturated carbocycles. The SMILES string of the molecule is Cc1nc(NC(=O)[C@@H]2CCC[C@@H]2C(=O)O)n[nH]1. The predicted molar refractivity (Wildman–Crippen MR) is 58.2 cm³/mol. The third-order valence-electron chi connectivity index (χ3n) is 3.00. The molecule has 1 fully saturated rings. The van der Waals surface area contributed by atoms with Gasteiger partial charge in [0.1, 0.15) is 5.82 Å². The van der Waals surface area contributed by atoms with Crippen molar-refractivity contribution in [1.82, 2.24) is 15.2 Å². The number of rotatable bonds is 3. The zero-order valence-electron chi connectivity index (χ0n) is 9.43. The van der Waals surface area contributed by atoms with Gasteiger partial charge in [-0.3, -0.25) is 20.0 Å². The summed E-state index contributed by atoms with van der Waals surface area (Å²) in [7, 11) is 0. The number of aryl methyl sites for hydroxylation is 1. The highest BCUT2D eigenvalue weighted by Crippen LogP contribution is 2.32. The molecular weight excluding hydrogens is 224 g/mol. The number of hydrogen-bond acceptors (Lipinski definition) is 4. The third-order valence-corrected chi connectivity index (χ3v) is 3.00. The lowest BCUT2D eigenvalue weighted by atomic mass is 9.95. The number of amides is 1. The molecule has 2 atom stereocenters. The van der Waals surface area contributed by atoms with Crippen molar-refractivity contribution in [3.63, 3.8) is 0 Å². The molecule has 1 aromatic rings. The van der Waals surface area contributed by atoms with Gasteiger partial charge in [0.15, 0.2) is 0 Å². The van der Waals surface area contributed by atoms with E-state index in [1.807, 2.05) is 0 Å².